The molecule has 0 saturated heterocycles. The van der Waals surface area contributed by atoms with Crippen molar-refractivity contribution in [2.75, 3.05) is 6.61 Å². The number of H-pyrrole nitrogens is 1. The van der Waals surface area contributed by atoms with Gasteiger partial charge in [0.25, 0.3) is 5.91 Å². The first kappa shape index (κ1) is 15.7. The second kappa shape index (κ2) is 6.22. The van der Waals surface area contributed by atoms with Gasteiger partial charge in [-0.1, -0.05) is 18.2 Å². The minimum absolute atomic E-state index is 0.0367. The maximum absolute atomic E-state index is 13.1. The van der Waals surface area contributed by atoms with Crippen molar-refractivity contribution in [1.82, 2.24) is 14.9 Å². The van der Waals surface area contributed by atoms with E-state index in [1.54, 1.807) is 18.2 Å². The molecule has 0 spiro atoms. The summed E-state index contributed by atoms with van der Waals surface area (Å²) in [6.45, 7) is 2.81. The summed E-state index contributed by atoms with van der Waals surface area (Å²) in [6.07, 6.45) is 0. The first-order chi connectivity index (χ1) is 12.2. The number of nitrogens with one attached hydrogen (secondary N) is 1. The maximum atomic E-state index is 13.1. The van der Waals surface area contributed by atoms with Crippen molar-refractivity contribution in [2.24, 2.45) is 0 Å². The molecule has 6 heteroatoms. The van der Waals surface area contributed by atoms with Crippen molar-refractivity contribution < 1.29 is 14.6 Å². The van der Waals surface area contributed by atoms with Crippen LogP contribution in [-0.2, 0) is 13.2 Å². The van der Waals surface area contributed by atoms with Crippen molar-refractivity contribution in [3.05, 3.63) is 59.4 Å². The molecule has 1 atom stereocenters. The van der Waals surface area contributed by atoms with E-state index in [2.05, 4.69) is 9.97 Å². The fourth-order valence-electron chi connectivity index (χ4n) is 3.12. The number of ether oxygens (including phenoxy) is 1. The Kier molecular flexibility index (Phi) is 3.89. The van der Waals surface area contributed by atoms with Gasteiger partial charge in [-0.3, -0.25) is 4.79 Å². The number of imidazole rings is 1. The van der Waals surface area contributed by atoms with E-state index in [0.29, 0.717) is 24.5 Å². The van der Waals surface area contributed by atoms with Crippen LogP contribution in [0.5, 0.6) is 5.75 Å². The van der Waals surface area contributed by atoms with Crippen LogP contribution < -0.4 is 4.74 Å². The SMILES string of the molecule is CC1COc2ccccc2CN1C(=O)c1ccc2nc(CO)[nH]c2c1. The van der Waals surface area contributed by atoms with E-state index in [4.69, 9.17) is 4.74 Å². The predicted molar refractivity (Wildman–Crippen MR) is 93.3 cm³/mol. The van der Waals surface area contributed by atoms with Crippen LogP contribution in [0.15, 0.2) is 42.5 Å². The molecule has 1 aromatic heterocycles. The molecule has 1 aliphatic heterocycles. The third-order valence-corrected chi connectivity index (χ3v) is 4.51. The number of rotatable bonds is 2. The summed E-state index contributed by atoms with van der Waals surface area (Å²) in [6, 6.07) is 13.1. The van der Waals surface area contributed by atoms with E-state index < -0.39 is 0 Å². The summed E-state index contributed by atoms with van der Waals surface area (Å²) in [4.78, 5) is 22.2. The van der Waals surface area contributed by atoms with E-state index in [-0.39, 0.29) is 18.6 Å². The standard InChI is InChI=1S/C19H19N3O3/c1-12-11-25-17-5-3-2-4-14(17)9-22(12)19(24)13-6-7-15-16(8-13)21-18(10-23)20-15/h2-8,12,23H,9-11H2,1H3,(H,20,21). The molecule has 3 aromatic rings. The number of carbonyl (C=O) groups excluding carboxylic acids is 1. The van der Waals surface area contributed by atoms with E-state index in [1.807, 2.05) is 36.1 Å². The number of aromatic nitrogens is 2. The molecule has 128 valence electrons. The van der Waals surface area contributed by atoms with Crippen LogP contribution in [0.4, 0.5) is 0 Å². The lowest BCUT2D eigenvalue weighted by Crippen LogP contribution is -2.39. The summed E-state index contributed by atoms with van der Waals surface area (Å²) < 4.78 is 5.83. The van der Waals surface area contributed by atoms with Crippen molar-refractivity contribution in [3.63, 3.8) is 0 Å². The lowest BCUT2D eigenvalue weighted by molar-refractivity contribution is 0.0645. The highest BCUT2D eigenvalue weighted by Crippen LogP contribution is 2.26. The number of aliphatic hydroxyl groups excluding tert-OH is 1. The topological polar surface area (TPSA) is 78.4 Å². The Balaban J connectivity index is 1.67. The molecular formula is C19H19N3O3. The fraction of sp³-hybridized carbons (Fsp3) is 0.263. The minimum atomic E-state index is -0.157. The zero-order chi connectivity index (χ0) is 17.4. The van der Waals surface area contributed by atoms with E-state index in [0.717, 1.165) is 22.3 Å². The number of hydrogen-bond acceptors (Lipinski definition) is 4. The van der Waals surface area contributed by atoms with Crippen molar-refractivity contribution in [1.29, 1.82) is 0 Å². The lowest BCUT2D eigenvalue weighted by atomic mass is 10.1. The molecule has 0 aliphatic carbocycles. The first-order valence-corrected chi connectivity index (χ1v) is 8.27. The summed E-state index contributed by atoms with van der Waals surface area (Å²) in [5.41, 5.74) is 3.07. The number of aromatic amines is 1. The quantitative estimate of drug-likeness (QED) is 0.753. The number of fused-ring (bicyclic) bond motifs is 2. The number of para-hydroxylation sites is 1. The van der Waals surface area contributed by atoms with Crippen LogP contribution in [0.2, 0.25) is 0 Å². The maximum Gasteiger partial charge on any atom is 0.254 e. The van der Waals surface area contributed by atoms with Crippen LogP contribution in [0, 0.1) is 0 Å². The number of benzene rings is 2. The van der Waals surface area contributed by atoms with Crippen LogP contribution in [-0.4, -0.2) is 38.5 Å². The van der Waals surface area contributed by atoms with Gasteiger partial charge in [0, 0.05) is 11.1 Å². The van der Waals surface area contributed by atoms with Gasteiger partial charge in [-0.05, 0) is 31.2 Å². The van der Waals surface area contributed by atoms with Crippen molar-refractivity contribution >= 4 is 16.9 Å². The molecule has 25 heavy (non-hydrogen) atoms. The average molecular weight is 337 g/mol. The number of hydrogen-bond donors (Lipinski definition) is 2. The summed E-state index contributed by atoms with van der Waals surface area (Å²) in [5.74, 6) is 1.28. The highest BCUT2D eigenvalue weighted by atomic mass is 16.5. The Hall–Kier alpha value is -2.86. The number of aliphatic hydroxyl groups is 1. The highest BCUT2D eigenvalue weighted by Gasteiger charge is 2.26. The second-order valence-corrected chi connectivity index (χ2v) is 6.27. The molecule has 0 radical (unpaired) electrons. The van der Waals surface area contributed by atoms with Crippen LogP contribution >= 0.6 is 0 Å². The summed E-state index contributed by atoms with van der Waals surface area (Å²) in [5, 5.41) is 9.20. The number of nitrogens with zero attached hydrogens (tertiary/aromatic N) is 2. The fourth-order valence-corrected chi connectivity index (χ4v) is 3.12. The Bertz CT molecular complexity index is 935. The molecule has 2 N–H and O–H groups in total. The van der Waals surface area contributed by atoms with Gasteiger partial charge < -0.3 is 19.7 Å². The lowest BCUT2D eigenvalue weighted by Gasteiger charge is -2.26. The predicted octanol–water partition coefficient (Wildman–Crippen LogP) is 2.48. The van der Waals surface area contributed by atoms with Gasteiger partial charge in [-0.2, -0.15) is 0 Å². The third-order valence-electron chi connectivity index (χ3n) is 4.51. The van der Waals surface area contributed by atoms with Crippen LogP contribution in [0.1, 0.15) is 28.7 Å². The molecule has 4 rings (SSSR count). The van der Waals surface area contributed by atoms with Gasteiger partial charge >= 0.3 is 0 Å². The summed E-state index contributed by atoms with van der Waals surface area (Å²) >= 11 is 0. The van der Waals surface area contributed by atoms with Gasteiger partial charge in [0.2, 0.25) is 0 Å². The third kappa shape index (κ3) is 2.85. The van der Waals surface area contributed by atoms with Crippen LogP contribution in [0.3, 0.4) is 0 Å². The molecule has 1 aliphatic rings. The smallest absolute Gasteiger partial charge is 0.254 e. The molecule has 2 aromatic carbocycles. The molecule has 1 amide bonds. The molecular weight excluding hydrogens is 318 g/mol. The Morgan fingerprint density at radius 1 is 1.36 bits per heavy atom. The van der Waals surface area contributed by atoms with Crippen molar-refractivity contribution in [2.45, 2.75) is 26.1 Å². The Labute approximate surface area is 145 Å². The zero-order valence-electron chi connectivity index (χ0n) is 13.9. The largest absolute Gasteiger partial charge is 0.491 e. The molecule has 0 bridgehead atoms. The molecule has 0 fully saturated rings. The molecule has 2 heterocycles. The van der Waals surface area contributed by atoms with Crippen molar-refractivity contribution in [3.8, 4) is 5.75 Å². The van der Waals surface area contributed by atoms with Gasteiger partial charge in [0.05, 0.1) is 23.6 Å². The van der Waals surface area contributed by atoms with Gasteiger partial charge in [-0.15, -0.1) is 0 Å². The van der Waals surface area contributed by atoms with E-state index in [9.17, 15) is 9.90 Å². The normalized spacial score (nSPS) is 17.0. The van der Waals surface area contributed by atoms with E-state index >= 15 is 0 Å². The summed E-state index contributed by atoms with van der Waals surface area (Å²) in [7, 11) is 0. The van der Waals surface area contributed by atoms with Gasteiger partial charge in [-0.25, -0.2) is 4.98 Å². The Morgan fingerprint density at radius 3 is 3.04 bits per heavy atom. The monoisotopic (exact) mass is 337 g/mol. The van der Waals surface area contributed by atoms with Crippen LogP contribution in [0.25, 0.3) is 11.0 Å². The first-order valence-electron chi connectivity index (χ1n) is 8.27. The minimum Gasteiger partial charge on any atom is -0.491 e. The molecule has 1 unspecified atom stereocenters. The van der Waals surface area contributed by atoms with Gasteiger partial charge in [0.15, 0.2) is 0 Å². The molecule has 0 saturated carbocycles. The Morgan fingerprint density at radius 2 is 2.20 bits per heavy atom. The second-order valence-electron chi connectivity index (χ2n) is 6.27. The molecule has 6 nitrogen and oxygen atoms in total. The van der Waals surface area contributed by atoms with E-state index in [1.165, 1.54) is 0 Å². The van der Waals surface area contributed by atoms with Gasteiger partial charge in [0.1, 0.15) is 24.8 Å². The average Bonchev–Trinajstić information content (AvgIpc) is 2.98. The highest BCUT2D eigenvalue weighted by molar-refractivity contribution is 5.97. The zero-order valence-corrected chi connectivity index (χ0v) is 13.9. The number of carbonyl (C=O) groups is 1. The number of amides is 1.